The summed E-state index contributed by atoms with van der Waals surface area (Å²) in [5.74, 6) is -2.21. The van der Waals surface area contributed by atoms with Crippen LogP contribution in [0.15, 0.2) is 74.9 Å². The van der Waals surface area contributed by atoms with Gasteiger partial charge in [-0.1, -0.05) is 62.2 Å². The fourth-order valence-electron chi connectivity index (χ4n) is 3.28. The molecule has 0 amide bonds. The summed E-state index contributed by atoms with van der Waals surface area (Å²) in [5, 5.41) is 0.316. The minimum Gasteiger partial charge on any atom is -0.459 e. The number of carbonyl (C=O) groups excluding carboxylic acids is 5. The van der Waals surface area contributed by atoms with Gasteiger partial charge >= 0.3 is 30.4 Å². The molecule has 1 aromatic rings. The van der Waals surface area contributed by atoms with E-state index < -0.39 is 61.1 Å². The standard InChI is InChI=1S/C28H29ClO14/c1-5-13-35-24(31)21-19(40-26(32)36-14-6-2)20(41-27(33)37-15-7-3)22(42-28(34)38-16-8-4)25(39-21)43-23(30)17-9-11-18(29)12-10-17/h5-12,19-22,25H,1-4,13-16H2/t19-,20-,21-,22+,25-/m0/s1. The van der Waals surface area contributed by atoms with E-state index in [4.69, 9.17) is 54.2 Å². The Morgan fingerprint density at radius 1 is 0.651 bits per heavy atom. The summed E-state index contributed by atoms with van der Waals surface area (Å²) in [4.78, 5) is 63.6. The molecule has 0 bridgehead atoms. The van der Waals surface area contributed by atoms with Crippen molar-refractivity contribution in [2.75, 3.05) is 26.4 Å². The van der Waals surface area contributed by atoms with E-state index in [1.165, 1.54) is 48.6 Å². The van der Waals surface area contributed by atoms with Gasteiger partial charge in [0.2, 0.25) is 12.4 Å². The Kier molecular flexibility index (Phi) is 14.3. The second kappa shape index (κ2) is 17.9. The lowest BCUT2D eigenvalue weighted by Gasteiger charge is -2.42. The van der Waals surface area contributed by atoms with E-state index in [2.05, 4.69) is 26.3 Å². The molecule has 1 saturated heterocycles. The van der Waals surface area contributed by atoms with Crippen molar-refractivity contribution in [1.29, 1.82) is 0 Å². The second-order valence-corrected chi connectivity index (χ2v) is 8.49. The van der Waals surface area contributed by atoms with E-state index >= 15 is 0 Å². The molecule has 0 N–H and O–H groups in total. The lowest BCUT2D eigenvalue weighted by atomic mass is 9.98. The predicted molar refractivity (Wildman–Crippen MR) is 146 cm³/mol. The van der Waals surface area contributed by atoms with Crippen LogP contribution >= 0.6 is 11.6 Å². The number of ether oxygens (including phenoxy) is 9. The first kappa shape index (κ1) is 34.4. The first-order chi connectivity index (χ1) is 20.6. The van der Waals surface area contributed by atoms with Gasteiger partial charge < -0.3 is 42.6 Å². The molecular formula is C28H29ClO14. The van der Waals surface area contributed by atoms with Gasteiger partial charge in [-0.05, 0) is 24.3 Å². The van der Waals surface area contributed by atoms with E-state index in [-0.39, 0.29) is 32.0 Å². The van der Waals surface area contributed by atoms with Crippen LogP contribution in [0, 0.1) is 0 Å². The molecule has 14 nitrogen and oxygen atoms in total. The summed E-state index contributed by atoms with van der Waals surface area (Å²) in [6.07, 6.45) is -8.93. The Morgan fingerprint density at radius 3 is 1.58 bits per heavy atom. The SMILES string of the molecule is C=CCOC(=O)O[C@@H]1[C@@H](OC(=O)OCC=C)[C@H](OC(=O)c2ccc(Cl)cc2)O[C@H](C(=O)OCC=C)[C@H]1OC(=O)OCC=C. The Morgan fingerprint density at radius 2 is 1.09 bits per heavy atom. The Balaban J connectivity index is 2.59. The monoisotopic (exact) mass is 624 g/mol. The molecule has 0 spiro atoms. The van der Waals surface area contributed by atoms with Gasteiger partial charge in [-0.15, -0.1) is 0 Å². The molecule has 0 aliphatic carbocycles. The summed E-state index contributed by atoms with van der Waals surface area (Å²) in [6, 6.07) is 5.44. The van der Waals surface area contributed by atoms with Crippen molar-refractivity contribution < 1.29 is 66.6 Å². The van der Waals surface area contributed by atoms with E-state index in [0.29, 0.717) is 5.02 Å². The zero-order valence-electron chi connectivity index (χ0n) is 22.8. The number of esters is 2. The summed E-state index contributed by atoms with van der Waals surface area (Å²) in [7, 11) is 0. The maximum absolute atomic E-state index is 13.0. The summed E-state index contributed by atoms with van der Waals surface area (Å²) in [6.45, 7) is 12.4. The number of hydrogen-bond acceptors (Lipinski definition) is 14. The van der Waals surface area contributed by atoms with Crippen molar-refractivity contribution in [2.24, 2.45) is 0 Å². The Labute approximate surface area is 251 Å². The van der Waals surface area contributed by atoms with Gasteiger partial charge in [0.15, 0.2) is 18.3 Å². The molecule has 5 atom stereocenters. The zero-order chi connectivity index (χ0) is 31.8. The van der Waals surface area contributed by atoms with Crippen LogP contribution in [-0.2, 0) is 47.4 Å². The molecule has 1 aliphatic heterocycles. The highest BCUT2D eigenvalue weighted by atomic mass is 35.5. The van der Waals surface area contributed by atoms with Crippen molar-refractivity contribution in [3.05, 3.63) is 85.5 Å². The van der Waals surface area contributed by atoms with Crippen LogP contribution in [0.5, 0.6) is 0 Å². The molecule has 1 aliphatic rings. The van der Waals surface area contributed by atoms with Crippen LogP contribution in [0.25, 0.3) is 0 Å². The van der Waals surface area contributed by atoms with E-state index in [1.807, 2.05) is 0 Å². The van der Waals surface area contributed by atoms with E-state index in [9.17, 15) is 24.0 Å². The van der Waals surface area contributed by atoms with Crippen LogP contribution in [0.1, 0.15) is 10.4 Å². The second-order valence-electron chi connectivity index (χ2n) is 8.05. The smallest absolute Gasteiger partial charge is 0.459 e. The van der Waals surface area contributed by atoms with Crippen molar-refractivity contribution in [1.82, 2.24) is 0 Å². The number of halogens is 1. The van der Waals surface area contributed by atoms with Crippen LogP contribution < -0.4 is 0 Å². The number of hydrogen-bond donors (Lipinski definition) is 0. The third-order valence-electron chi connectivity index (χ3n) is 5.03. The maximum atomic E-state index is 13.0. The molecule has 0 radical (unpaired) electrons. The molecule has 2 rings (SSSR count). The van der Waals surface area contributed by atoms with Gasteiger partial charge in [-0.25, -0.2) is 24.0 Å². The zero-order valence-corrected chi connectivity index (χ0v) is 23.5. The third kappa shape index (κ3) is 10.8. The third-order valence-corrected chi connectivity index (χ3v) is 5.28. The maximum Gasteiger partial charge on any atom is 0.509 e. The predicted octanol–water partition coefficient (Wildman–Crippen LogP) is 4.07. The molecule has 15 heteroatoms. The van der Waals surface area contributed by atoms with Crippen LogP contribution in [-0.4, -0.2) is 87.5 Å². The quantitative estimate of drug-likeness (QED) is 0.165. The molecule has 1 fully saturated rings. The van der Waals surface area contributed by atoms with Crippen LogP contribution in [0.4, 0.5) is 14.4 Å². The first-order valence-corrected chi connectivity index (χ1v) is 12.7. The van der Waals surface area contributed by atoms with Gasteiger partial charge in [0.05, 0.1) is 5.56 Å². The first-order valence-electron chi connectivity index (χ1n) is 12.4. The fourth-order valence-corrected chi connectivity index (χ4v) is 3.41. The van der Waals surface area contributed by atoms with Crippen LogP contribution in [0.3, 0.4) is 0 Å². The highest BCUT2D eigenvalue weighted by Gasteiger charge is 2.57. The van der Waals surface area contributed by atoms with Crippen LogP contribution in [0.2, 0.25) is 5.02 Å². The molecule has 0 unspecified atom stereocenters. The van der Waals surface area contributed by atoms with Crippen molar-refractivity contribution >= 4 is 42.0 Å². The molecular weight excluding hydrogens is 596 g/mol. The molecule has 0 saturated carbocycles. The van der Waals surface area contributed by atoms with Gasteiger partial charge in [-0.3, -0.25) is 0 Å². The number of benzene rings is 1. The lowest BCUT2D eigenvalue weighted by Crippen LogP contribution is -2.64. The highest BCUT2D eigenvalue weighted by Crippen LogP contribution is 2.31. The van der Waals surface area contributed by atoms with Crippen molar-refractivity contribution in [2.45, 2.75) is 30.7 Å². The van der Waals surface area contributed by atoms with Gasteiger partial charge in [0, 0.05) is 5.02 Å². The van der Waals surface area contributed by atoms with Gasteiger partial charge in [0.1, 0.15) is 26.4 Å². The average molecular weight is 625 g/mol. The molecule has 43 heavy (non-hydrogen) atoms. The summed E-state index contributed by atoms with van der Waals surface area (Å²) >= 11 is 5.88. The molecule has 1 heterocycles. The molecule has 0 aromatic heterocycles. The van der Waals surface area contributed by atoms with Gasteiger partial charge in [-0.2, -0.15) is 0 Å². The number of rotatable bonds is 14. The van der Waals surface area contributed by atoms with Crippen molar-refractivity contribution in [3.8, 4) is 0 Å². The minimum absolute atomic E-state index is 0.0268. The topological polar surface area (TPSA) is 168 Å². The molecule has 1 aromatic carbocycles. The largest absolute Gasteiger partial charge is 0.509 e. The van der Waals surface area contributed by atoms with E-state index in [0.717, 1.165) is 0 Å². The summed E-state index contributed by atoms with van der Waals surface area (Å²) < 4.78 is 46.5. The average Bonchev–Trinajstić information content (AvgIpc) is 2.99. The van der Waals surface area contributed by atoms with Crippen molar-refractivity contribution in [3.63, 3.8) is 0 Å². The van der Waals surface area contributed by atoms with Gasteiger partial charge in [0.25, 0.3) is 0 Å². The number of carbonyl (C=O) groups is 5. The lowest BCUT2D eigenvalue weighted by molar-refractivity contribution is -0.283. The minimum atomic E-state index is -1.98. The molecule has 232 valence electrons. The fraction of sp³-hybridized carbons (Fsp3) is 0.321. The Bertz CT molecular complexity index is 1180. The van der Waals surface area contributed by atoms with E-state index in [1.54, 1.807) is 0 Å². The summed E-state index contributed by atoms with van der Waals surface area (Å²) in [5.41, 5.74) is -0.0268. The Hall–Kier alpha value is -4.82. The normalized spacial score (nSPS) is 20.6. The highest BCUT2D eigenvalue weighted by molar-refractivity contribution is 6.30.